The summed E-state index contributed by atoms with van der Waals surface area (Å²) in [6, 6.07) is 0. The Labute approximate surface area is 113 Å². The number of aliphatic hydroxyl groups excluding tert-OH is 2. The molecule has 0 heterocycles. The molecule has 2 N–H and O–H groups in total. The van der Waals surface area contributed by atoms with Crippen LogP contribution < -0.4 is 0 Å². The fraction of sp³-hybridized carbons (Fsp3) is 0.778. The summed E-state index contributed by atoms with van der Waals surface area (Å²) in [5, 5.41) is 17.1. The van der Waals surface area contributed by atoms with Crippen molar-refractivity contribution in [2.45, 2.75) is 0 Å². The van der Waals surface area contributed by atoms with E-state index in [1.54, 1.807) is 13.1 Å². The van der Waals surface area contributed by atoms with E-state index < -0.39 is 10.4 Å². The van der Waals surface area contributed by atoms with Gasteiger partial charge in [-0.1, -0.05) is 6.58 Å². The van der Waals surface area contributed by atoms with Crippen LogP contribution in [0, 0.1) is 0 Å². The number of likely N-dealkylation sites (N-methyl/N-ethyl adjacent to an activating group) is 1. The van der Waals surface area contributed by atoms with Crippen molar-refractivity contribution in [1.82, 2.24) is 0 Å². The number of rotatable bonds is 9. The van der Waals surface area contributed by atoms with Crippen molar-refractivity contribution < 1.29 is 41.9 Å². The smallest absolute Gasteiger partial charge is 0.217 e. The second kappa shape index (κ2) is 11.3. The second-order valence-electron chi connectivity index (χ2n) is 3.17. The van der Waals surface area contributed by atoms with Gasteiger partial charge in [-0.05, 0) is 10.9 Å². The number of quaternary nitrogens is 1. The van der Waals surface area contributed by atoms with Gasteiger partial charge >= 0.3 is 0 Å². The Morgan fingerprint density at radius 1 is 1.26 bits per heavy atom. The maximum Gasteiger partial charge on any atom is 0.217 e. The van der Waals surface area contributed by atoms with E-state index in [2.05, 4.69) is 10.8 Å². The maximum absolute atomic E-state index is 9.22. The molecule has 0 aliphatic heterocycles. The molecule has 0 bridgehead atoms. The first kappa shape index (κ1) is 20.7. The van der Waals surface area contributed by atoms with Crippen LogP contribution in [-0.2, 0) is 24.3 Å². The Hall–Kier alpha value is -0.590. The first-order valence-corrected chi connectivity index (χ1v) is 6.56. The zero-order valence-corrected chi connectivity index (χ0v) is 11.8. The summed E-state index contributed by atoms with van der Waals surface area (Å²) in [5.74, 6) is 0. The highest BCUT2D eigenvalue weighted by Gasteiger charge is 2.23. The molecular formula is C9H21NO8S. The highest BCUT2D eigenvalue weighted by molar-refractivity contribution is 7.80. The summed E-state index contributed by atoms with van der Waals surface area (Å²) in [7, 11) is -1.92. The lowest BCUT2D eigenvalue weighted by molar-refractivity contribution is -1.23. The van der Waals surface area contributed by atoms with Gasteiger partial charge in [0.1, 0.15) is 20.3 Å². The largest absolute Gasteiger partial charge is 0.726 e. The average Bonchev–Trinajstić information content (AvgIpc) is 2.34. The van der Waals surface area contributed by atoms with Gasteiger partial charge in [-0.25, -0.2) is 8.42 Å². The molecule has 0 atom stereocenters. The van der Waals surface area contributed by atoms with Crippen LogP contribution in [0.3, 0.4) is 0 Å². The molecule has 0 radical (unpaired) electrons. The van der Waals surface area contributed by atoms with Gasteiger partial charge in [0.05, 0.1) is 20.3 Å². The van der Waals surface area contributed by atoms with E-state index in [9.17, 15) is 13.0 Å². The Balaban J connectivity index is 0. The van der Waals surface area contributed by atoms with Gasteiger partial charge in [0, 0.05) is 0 Å². The zero-order chi connectivity index (χ0) is 15.4. The lowest BCUT2D eigenvalue weighted by atomic mass is 10.6. The minimum absolute atomic E-state index is 0.0620. The predicted molar refractivity (Wildman–Crippen MR) is 64.0 cm³/mol. The van der Waals surface area contributed by atoms with Crippen molar-refractivity contribution in [2.24, 2.45) is 0 Å². The molecule has 0 saturated carbocycles. The minimum Gasteiger partial charge on any atom is -0.726 e. The molecule has 116 valence electrons. The fourth-order valence-corrected chi connectivity index (χ4v) is 0.845. The highest BCUT2D eigenvalue weighted by atomic mass is 32.3. The van der Waals surface area contributed by atoms with E-state index in [-0.39, 0.29) is 31.2 Å². The monoisotopic (exact) mass is 303 g/mol. The average molecular weight is 303 g/mol. The highest BCUT2D eigenvalue weighted by Crippen LogP contribution is 2.05. The molecule has 0 saturated heterocycles. The topological polar surface area (TPSA) is 125 Å². The molecule has 0 spiro atoms. The molecule has 19 heavy (non-hydrogen) atoms. The van der Waals surface area contributed by atoms with Crippen LogP contribution in [-0.4, -0.2) is 75.1 Å². The van der Waals surface area contributed by atoms with Crippen LogP contribution in [0.15, 0.2) is 12.7 Å². The Kier molecular flexibility index (Phi) is 12.3. The molecule has 0 aliphatic rings. The molecule has 0 rings (SSSR count). The quantitative estimate of drug-likeness (QED) is 0.174. The van der Waals surface area contributed by atoms with Crippen LogP contribution in [0.25, 0.3) is 0 Å². The molecular weight excluding hydrogens is 282 g/mol. The third kappa shape index (κ3) is 15.4. The summed E-state index contributed by atoms with van der Waals surface area (Å²) in [4.78, 5) is 10.3. The van der Waals surface area contributed by atoms with E-state index in [1.807, 2.05) is 0 Å². The zero-order valence-electron chi connectivity index (χ0n) is 11.0. The third-order valence-corrected chi connectivity index (χ3v) is 1.98. The van der Waals surface area contributed by atoms with Crippen molar-refractivity contribution in [3.8, 4) is 0 Å². The van der Waals surface area contributed by atoms with Crippen LogP contribution in [0.2, 0.25) is 0 Å². The van der Waals surface area contributed by atoms with Crippen molar-refractivity contribution in [3.63, 3.8) is 0 Å². The summed E-state index contributed by atoms with van der Waals surface area (Å²) in [5.41, 5.74) is 0. The van der Waals surface area contributed by atoms with Crippen molar-refractivity contribution >= 4 is 10.4 Å². The van der Waals surface area contributed by atoms with Crippen LogP contribution in [0.5, 0.6) is 0 Å². The Bertz CT molecular complexity index is 310. The summed E-state index contributed by atoms with van der Waals surface area (Å²) >= 11 is 0. The fourth-order valence-electron chi connectivity index (χ4n) is 0.845. The van der Waals surface area contributed by atoms with Crippen LogP contribution in [0.4, 0.5) is 0 Å². The van der Waals surface area contributed by atoms with Crippen LogP contribution in [0.1, 0.15) is 0 Å². The van der Waals surface area contributed by atoms with Gasteiger partial charge in [0.25, 0.3) is 0 Å². The van der Waals surface area contributed by atoms with Crippen LogP contribution >= 0.6 is 0 Å². The summed E-state index contributed by atoms with van der Waals surface area (Å²) in [6.07, 6.45) is 1.65. The molecule has 9 nitrogen and oxygen atoms in total. The molecule has 0 unspecified atom stereocenters. The summed E-state index contributed by atoms with van der Waals surface area (Å²) in [6.45, 7) is 4.28. The molecule has 0 aliphatic carbocycles. The lowest BCUT2D eigenvalue weighted by Gasteiger charge is -2.26. The Morgan fingerprint density at radius 3 is 1.84 bits per heavy atom. The van der Waals surface area contributed by atoms with Crippen molar-refractivity contribution in [1.29, 1.82) is 0 Å². The molecule has 0 amide bonds. The van der Waals surface area contributed by atoms with E-state index >= 15 is 0 Å². The number of hydrogen-bond acceptors (Lipinski definition) is 8. The normalized spacial score (nSPS) is 11.6. The predicted octanol–water partition coefficient (Wildman–Crippen LogP) is -1.44. The molecule has 0 fully saturated rings. The van der Waals surface area contributed by atoms with Gasteiger partial charge in [0.15, 0.2) is 6.54 Å². The second-order valence-corrected chi connectivity index (χ2v) is 4.32. The van der Waals surface area contributed by atoms with Gasteiger partial charge in [-0.2, -0.15) is 9.68 Å². The molecule has 0 aromatic rings. The van der Waals surface area contributed by atoms with Gasteiger partial charge < -0.3 is 14.8 Å². The van der Waals surface area contributed by atoms with Gasteiger partial charge in [-0.15, -0.1) is 0 Å². The first-order valence-electron chi connectivity index (χ1n) is 5.23. The standard InChI is InChI=1S/C8H18NO4.CH4O4S/c1-3-4-9(2,12-7-5-10)13-8-6-11;1-5-6(2,3)4/h3,10-11H,1,4-8H2,2H3;1H3,(H,2,3,4)/q+1;/p-1. The molecule has 10 heteroatoms. The number of hydrogen-bond donors (Lipinski definition) is 2. The van der Waals surface area contributed by atoms with Gasteiger partial charge in [0.2, 0.25) is 10.4 Å². The lowest BCUT2D eigenvalue weighted by Crippen LogP contribution is -2.45. The summed E-state index contributed by atoms with van der Waals surface area (Å²) < 4.78 is 31.0. The van der Waals surface area contributed by atoms with E-state index in [1.165, 1.54) is 0 Å². The van der Waals surface area contributed by atoms with Crippen molar-refractivity contribution in [3.05, 3.63) is 12.7 Å². The number of aliphatic hydroxyl groups is 2. The van der Waals surface area contributed by atoms with Crippen molar-refractivity contribution in [2.75, 3.05) is 47.1 Å². The maximum atomic E-state index is 9.22. The van der Waals surface area contributed by atoms with E-state index in [4.69, 9.17) is 19.9 Å². The van der Waals surface area contributed by atoms with Gasteiger partial charge in [-0.3, -0.25) is 4.18 Å². The minimum atomic E-state index is -4.41. The first-order chi connectivity index (χ1) is 8.74. The molecule has 0 aromatic carbocycles. The van der Waals surface area contributed by atoms with E-state index in [0.29, 0.717) is 6.54 Å². The molecule has 0 aromatic heterocycles. The Morgan fingerprint density at radius 2 is 1.63 bits per heavy atom. The number of nitrogens with zero attached hydrogens (tertiary/aromatic N) is 1. The number of hydroxylamine groups is 4. The SMILES string of the molecule is C=CC[N+](C)(OCCO)OCCO.COS(=O)(=O)[O-]. The van der Waals surface area contributed by atoms with E-state index in [0.717, 1.165) is 7.11 Å². The third-order valence-electron chi connectivity index (χ3n) is 1.58.